The van der Waals surface area contributed by atoms with E-state index in [4.69, 9.17) is 0 Å². The predicted octanol–water partition coefficient (Wildman–Crippen LogP) is 4.41. The van der Waals surface area contributed by atoms with E-state index in [9.17, 15) is 0 Å². The van der Waals surface area contributed by atoms with Crippen LogP contribution in [0.2, 0.25) is 0 Å². The average molecular weight is 390 g/mol. The number of aromatic nitrogens is 2. The van der Waals surface area contributed by atoms with Crippen molar-refractivity contribution < 1.29 is 0 Å². The summed E-state index contributed by atoms with van der Waals surface area (Å²) in [5.41, 5.74) is 1.94. The number of hydrogen-bond donors (Lipinski definition) is 2. The van der Waals surface area contributed by atoms with Crippen molar-refractivity contribution in [1.29, 1.82) is 0 Å². The third-order valence-corrected chi connectivity index (χ3v) is 3.76. The Hall–Kier alpha value is -1.89. The lowest BCUT2D eigenvalue weighted by Gasteiger charge is -2.11. The summed E-state index contributed by atoms with van der Waals surface area (Å²) in [5.74, 6) is 1.46. The first-order valence-electron chi connectivity index (χ1n) is 6.79. The fourth-order valence-corrected chi connectivity index (χ4v) is 2.44. The third-order valence-electron chi connectivity index (χ3n) is 3.05. The number of nitrogens with one attached hydrogen (secondary N) is 2. The summed E-state index contributed by atoms with van der Waals surface area (Å²) in [4.78, 5) is 9.09. The fraction of sp³-hybridized carbons (Fsp3) is 0.125. The molecule has 1 heterocycles. The standard InChI is InChI=1S/C16H15IN4/c1-2-18-16-20-14-6-4-3-5-13(14)15(21-16)19-12-9-7-11(17)8-10-12/h3-10H,2H2,1H3,(H2,18,19,20,21). The van der Waals surface area contributed by atoms with Crippen LogP contribution in [-0.4, -0.2) is 16.5 Å². The van der Waals surface area contributed by atoms with E-state index in [1.54, 1.807) is 0 Å². The topological polar surface area (TPSA) is 49.8 Å². The quantitative estimate of drug-likeness (QED) is 0.648. The molecule has 0 saturated heterocycles. The first-order valence-corrected chi connectivity index (χ1v) is 7.87. The molecule has 0 fully saturated rings. The number of fused-ring (bicyclic) bond motifs is 1. The lowest BCUT2D eigenvalue weighted by atomic mass is 10.2. The molecule has 2 N–H and O–H groups in total. The van der Waals surface area contributed by atoms with Crippen LogP contribution in [0.5, 0.6) is 0 Å². The first-order chi connectivity index (χ1) is 10.3. The summed E-state index contributed by atoms with van der Waals surface area (Å²) in [7, 11) is 0. The minimum atomic E-state index is 0.643. The molecular formula is C16H15IN4. The molecule has 1 aromatic heterocycles. The van der Waals surface area contributed by atoms with Crippen LogP contribution in [0.1, 0.15) is 6.92 Å². The molecule has 2 aromatic carbocycles. The Balaban J connectivity index is 2.04. The fourth-order valence-electron chi connectivity index (χ4n) is 2.08. The van der Waals surface area contributed by atoms with E-state index in [-0.39, 0.29) is 0 Å². The Morgan fingerprint density at radius 1 is 1.00 bits per heavy atom. The van der Waals surface area contributed by atoms with Crippen molar-refractivity contribution in [3.05, 3.63) is 52.1 Å². The summed E-state index contributed by atoms with van der Waals surface area (Å²) in [6.07, 6.45) is 0. The van der Waals surface area contributed by atoms with Gasteiger partial charge in [0.25, 0.3) is 0 Å². The van der Waals surface area contributed by atoms with E-state index < -0.39 is 0 Å². The Bertz CT molecular complexity index is 756. The van der Waals surface area contributed by atoms with Crippen LogP contribution in [0.15, 0.2) is 48.5 Å². The van der Waals surface area contributed by atoms with Crippen molar-refractivity contribution in [1.82, 2.24) is 9.97 Å². The van der Waals surface area contributed by atoms with Crippen molar-refractivity contribution in [3.8, 4) is 0 Å². The van der Waals surface area contributed by atoms with E-state index >= 15 is 0 Å². The van der Waals surface area contributed by atoms with Crippen molar-refractivity contribution in [2.45, 2.75) is 6.92 Å². The van der Waals surface area contributed by atoms with Crippen LogP contribution in [0.4, 0.5) is 17.5 Å². The molecule has 0 unspecified atom stereocenters. The minimum Gasteiger partial charge on any atom is -0.354 e. The normalized spacial score (nSPS) is 10.6. The summed E-state index contributed by atoms with van der Waals surface area (Å²) in [6, 6.07) is 16.2. The van der Waals surface area contributed by atoms with Crippen LogP contribution in [0.25, 0.3) is 10.9 Å². The van der Waals surface area contributed by atoms with Gasteiger partial charge in [-0.3, -0.25) is 0 Å². The Kier molecular flexibility index (Phi) is 4.19. The van der Waals surface area contributed by atoms with Crippen molar-refractivity contribution in [2.75, 3.05) is 17.2 Å². The molecule has 5 heteroatoms. The zero-order valence-electron chi connectivity index (χ0n) is 11.6. The van der Waals surface area contributed by atoms with Crippen LogP contribution in [-0.2, 0) is 0 Å². The molecule has 0 aliphatic carbocycles. The smallest absolute Gasteiger partial charge is 0.225 e. The highest BCUT2D eigenvalue weighted by atomic mass is 127. The van der Waals surface area contributed by atoms with Gasteiger partial charge in [-0.2, -0.15) is 4.98 Å². The number of benzene rings is 2. The molecule has 0 bridgehead atoms. The minimum absolute atomic E-state index is 0.643. The Labute approximate surface area is 137 Å². The van der Waals surface area contributed by atoms with Gasteiger partial charge >= 0.3 is 0 Å². The molecular weight excluding hydrogens is 375 g/mol. The van der Waals surface area contributed by atoms with E-state index in [2.05, 4.69) is 55.3 Å². The summed E-state index contributed by atoms with van der Waals surface area (Å²) in [5, 5.41) is 7.56. The monoisotopic (exact) mass is 390 g/mol. The van der Waals surface area contributed by atoms with Gasteiger partial charge in [0.15, 0.2) is 0 Å². The van der Waals surface area contributed by atoms with Gasteiger partial charge < -0.3 is 10.6 Å². The largest absolute Gasteiger partial charge is 0.354 e. The van der Waals surface area contributed by atoms with Crippen molar-refractivity contribution in [2.24, 2.45) is 0 Å². The van der Waals surface area contributed by atoms with Gasteiger partial charge in [-0.25, -0.2) is 4.98 Å². The van der Waals surface area contributed by atoms with Crippen molar-refractivity contribution in [3.63, 3.8) is 0 Å². The van der Waals surface area contributed by atoms with Gasteiger partial charge in [0, 0.05) is 21.2 Å². The molecule has 0 aliphatic rings. The lowest BCUT2D eigenvalue weighted by Crippen LogP contribution is -2.05. The van der Waals surface area contributed by atoms with E-state index in [0.717, 1.165) is 29.0 Å². The molecule has 0 atom stereocenters. The summed E-state index contributed by atoms with van der Waals surface area (Å²) in [6.45, 7) is 2.83. The maximum absolute atomic E-state index is 4.57. The molecule has 3 rings (SSSR count). The molecule has 0 amide bonds. The second-order valence-corrected chi connectivity index (χ2v) is 5.82. The number of anilines is 3. The highest BCUT2D eigenvalue weighted by molar-refractivity contribution is 14.1. The predicted molar refractivity (Wildman–Crippen MR) is 96.1 cm³/mol. The molecule has 21 heavy (non-hydrogen) atoms. The van der Waals surface area contributed by atoms with Gasteiger partial charge in [-0.05, 0) is 65.9 Å². The molecule has 4 nitrogen and oxygen atoms in total. The first kappa shape index (κ1) is 14.1. The van der Waals surface area contributed by atoms with Gasteiger partial charge in [0.05, 0.1) is 5.52 Å². The number of nitrogens with zero attached hydrogens (tertiary/aromatic N) is 2. The lowest BCUT2D eigenvalue weighted by molar-refractivity contribution is 1.11. The Morgan fingerprint density at radius 2 is 1.76 bits per heavy atom. The molecule has 106 valence electrons. The number of rotatable bonds is 4. The van der Waals surface area contributed by atoms with Crippen LogP contribution in [0, 0.1) is 3.57 Å². The zero-order valence-corrected chi connectivity index (χ0v) is 13.8. The number of hydrogen-bond acceptors (Lipinski definition) is 4. The molecule has 0 radical (unpaired) electrons. The van der Waals surface area contributed by atoms with Crippen LogP contribution >= 0.6 is 22.6 Å². The van der Waals surface area contributed by atoms with Gasteiger partial charge in [-0.15, -0.1) is 0 Å². The second kappa shape index (κ2) is 6.26. The van der Waals surface area contributed by atoms with Crippen LogP contribution < -0.4 is 10.6 Å². The maximum atomic E-state index is 4.57. The number of halogens is 1. The summed E-state index contributed by atoms with van der Waals surface area (Å²) < 4.78 is 1.21. The molecule has 0 spiro atoms. The average Bonchev–Trinajstić information content (AvgIpc) is 2.50. The van der Waals surface area contributed by atoms with Crippen LogP contribution in [0.3, 0.4) is 0 Å². The molecule has 3 aromatic rings. The van der Waals surface area contributed by atoms with Gasteiger partial charge in [-0.1, -0.05) is 12.1 Å². The maximum Gasteiger partial charge on any atom is 0.225 e. The van der Waals surface area contributed by atoms with E-state index in [1.165, 1.54) is 3.57 Å². The molecule has 0 saturated carbocycles. The highest BCUT2D eigenvalue weighted by Crippen LogP contribution is 2.25. The highest BCUT2D eigenvalue weighted by Gasteiger charge is 2.07. The third kappa shape index (κ3) is 3.24. The second-order valence-electron chi connectivity index (χ2n) is 4.58. The van der Waals surface area contributed by atoms with Crippen molar-refractivity contribution >= 4 is 50.9 Å². The van der Waals surface area contributed by atoms with Gasteiger partial charge in [0.1, 0.15) is 5.82 Å². The SMILES string of the molecule is CCNc1nc(Nc2ccc(I)cc2)c2ccccc2n1. The van der Waals surface area contributed by atoms with E-state index in [0.29, 0.717) is 5.95 Å². The molecule has 0 aliphatic heterocycles. The van der Waals surface area contributed by atoms with E-state index in [1.807, 2.05) is 43.3 Å². The summed E-state index contributed by atoms with van der Waals surface area (Å²) >= 11 is 2.29. The Morgan fingerprint density at radius 3 is 2.52 bits per heavy atom. The van der Waals surface area contributed by atoms with Gasteiger partial charge in [0.2, 0.25) is 5.95 Å². The zero-order chi connectivity index (χ0) is 14.7. The number of para-hydroxylation sites is 1.